The Balaban J connectivity index is 1.76. The molecule has 5 nitrogen and oxygen atoms in total. The lowest BCUT2D eigenvalue weighted by molar-refractivity contribution is 0.584. The summed E-state index contributed by atoms with van der Waals surface area (Å²) in [7, 11) is 0. The van der Waals surface area contributed by atoms with Gasteiger partial charge in [-0.1, -0.05) is 0 Å². The Bertz CT molecular complexity index is 678. The Morgan fingerprint density at radius 1 is 1.15 bits per heavy atom. The van der Waals surface area contributed by atoms with Gasteiger partial charge in [0.15, 0.2) is 0 Å². The normalized spacial score (nSPS) is 10.4. The topological polar surface area (TPSA) is 66.5 Å². The number of H-pyrrole nitrogens is 1. The SMILES string of the molecule is Fc1ccc(NCc2cn[nH]c2-c2cccnc2)cn1. The lowest BCUT2D eigenvalue weighted by Crippen LogP contribution is -2.00. The highest BCUT2D eigenvalue weighted by Gasteiger charge is 2.07. The van der Waals surface area contributed by atoms with Crippen molar-refractivity contribution in [2.45, 2.75) is 6.54 Å². The second kappa shape index (κ2) is 5.48. The Morgan fingerprint density at radius 2 is 2.10 bits per heavy atom. The molecule has 3 rings (SSSR count). The highest BCUT2D eigenvalue weighted by Crippen LogP contribution is 2.20. The number of halogens is 1. The van der Waals surface area contributed by atoms with Gasteiger partial charge >= 0.3 is 0 Å². The highest BCUT2D eigenvalue weighted by atomic mass is 19.1. The number of aromatic nitrogens is 4. The van der Waals surface area contributed by atoms with Crippen molar-refractivity contribution >= 4 is 5.69 Å². The number of nitrogens with zero attached hydrogens (tertiary/aromatic N) is 3. The first kappa shape index (κ1) is 12.3. The van der Waals surface area contributed by atoms with Gasteiger partial charge in [0, 0.05) is 30.1 Å². The molecule has 0 aliphatic heterocycles. The molecule has 3 heterocycles. The van der Waals surface area contributed by atoms with E-state index in [0.29, 0.717) is 6.54 Å². The van der Waals surface area contributed by atoms with E-state index >= 15 is 0 Å². The van der Waals surface area contributed by atoms with Crippen LogP contribution < -0.4 is 5.32 Å². The maximum atomic E-state index is 12.7. The summed E-state index contributed by atoms with van der Waals surface area (Å²) < 4.78 is 12.7. The maximum Gasteiger partial charge on any atom is 0.212 e. The van der Waals surface area contributed by atoms with E-state index in [2.05, 4.69) is 25.5 Å². The smallest absolute Gasteiger partial charge is 0.212 e. The third-order valence-corrected chi connectivity index (χ3v) is 2.88. The number of pyridine rings is 2. The maximum absolute atomic E-state index is 12.7. The van der Waals surface area contributed by atoms with Crippen LogP contribution in [0.5, 0.6) is 0 Å². The first-order valence-corrected chi connectivity index (χ1v) is 6.11. The van der Waals surface area contributed by atoms with Crippen molar-refractivity contribution < 1.29 is 4.39 Å². The van der Waals surface area contributed by atoms with Crippen LogP contribution in [0.15, 0.2) is 49.1 Å². The third-order valence-electron chi connectivity index (χ3n) is 2.88. The van der Waals surface area contributed by atoms with Gasteiger partial charge in [0.2, 0.25) is 5.95 Å². The molecule has 6 heteroatoms. The van der Waals surface area contributed by atoms with Gasteiger partial charge in [-0.3, -0.25) is 10.1 Å². The van der Waals surface area contributed by atoms with Crippen LogP contribution in [0.3, 0.4) is 0 Å². The molecule has 0 aliphatic carbocycles. The van der Waals surface area contributed by atoms with Crippen molar-refractivity contribution in [1.82, 2.24) is 20.2 Å². The molecule has 0 atom stereocenters. The third kappa shape index (κ3) is 2.64. The van der Waals surface area contributed by atoms with Crippen LogP contribution in [0.25, 0.3) is 11.3 Å². The van der Waals surface area contributed by atoms with Gasteiger partial charge in [0.25, 0.3) is 0 Å². The first-order valence-electron chi connectivity index (χ1n) is 6.11. The van der Waals surface area contributed by atoms with Gasteiger partial charge < -0.3 is 5.32 Å². The number of aromatic amines is 1. The van der Waals surface area contributed by atoms with Crippen LogP contribution in [-0.2, 0) is 6.54 Å². The van der Waals surface area contributed by atoms with Crippen LogP contribution in [-0.4, -0.2) is 20.2 Å². The lowest BCUT2D eigenvalue weighted by atomic mass is 10.1. The predicted molar refractivity (Wildman–Crippen MR) is 73.3 cm³/mol. The van der Waals surface area contributed by atoms with Gasteiger partial charge in [0.05, 0.1) is 23.8 Å². The monoisotopic (exact) mass is 269 g/mol. The number of hydrogen-bond donors (Lipinski definition) is 2. The molecule has 0 amide bonds. The quantitative estimate of drug-likeness (QED) is 0.714. The summed E-state index contributed by atoms with van der Waals surface area (Å²) in [5.41, 5.74) is 3.65. The van der Waals surface area contributed by atoms with Crippen molar-refractivity contribution in [3.8, 4) is 11.3 Å². The number of nitrogens with one attached hydrogen (secondary N) is 2. The minimum atomic E-state index is -0.491. The van der Waals surface area contributed by atoms with Gasteiger partial charge in [0.1, 0.15) is 0 Å². The van der Waals surface area contributed by atoms with E-state index in [4.69, 9.17) is 0 Å². The van der Waals surface area contributed by atoms with E-state index in [0.717, 1.165) is 22.5 Å². The van der Waals surface area contributed by atoms with Gasteiger partial charge in [-0.15, -0.1) is 0 Å². The van der Waals surface area contributed by atoms with Gasteiger partial charge in [-0.25, -0.2) is 4.98 Å². The first-order chi connectivity index (χ1) is 9.83. The second-order valence-electron chi connectivity index (χ2n) is 4.24. The molecule has 0 aliphatic rings. The van der Waals surface area contributed by atoms with Crippen LogP contribution in [0.1, 0.15) is 5.56 Å². The van der Waals surface area contributed by atoms with Crippen molar-refractivity contribution in [2.75, 3.05) is 5.32 Å². The molecule has 20 heavy (non-hydrogen) atoms. The Labute approximate surface area is 114 Å². The molecular weight excluding hydrogens is 257 g/mol. The van der Waals surface area contributed by atoms with Crippen LogP contribution in [0.4, 0.5) is 10.1 Å². The molecule has 0 fully saturated rings. The largest absolute Gasteiger partial charge is 0.380 e. The Morgan fingerprint density at radius 3 is 2.85 bits per heavy atom. The zero-order chi connectivity index (χ0) is 13.8. The minimum absolute atomic E-state index is 0.491. The minimum Gasteiger partial charge on any atom is -0.380 e. The fourth-order valence-electron chi connectivity index (χ4n) is 1.88. The van der Waals surface area contributed by atoms with E-state index in [-0.39, 0.29) is 0 Å². The fraction of sp³-hybridized carbons (Fsp3) is 0.0714. The summed E-state index contributed by atoms with van der Waals surface area (Å²) in [5, 5.41) is 10.2. The lowest BCUT2D eigenvalue weighted by Gasteiger charge is -2.06. The van der Waals surface area contributed by atoms with Crippen molar-refractivity contribution in [2.24, 2.45) is 0 Å². The van der Waals surface area contributed by atoms with Gasteiger partial charge in [-0.05, 0) is 24.3 Å². The van der Waals surface area contributed by atoms with Gasteiger partial charge in [-0.2, -0.15) is 9.49 Å². The average molecular weight is 269 g/mol. The molecule has 100 valence electrons. The molecule has 0 saturated heterocycles. The van der Waals surface area contributed by atoms with E-state index in [1.165, 1.54) is 12.3 Å². The Hall–Kier alpha value is -2.76. The van der Waals surface area contributed by atoms with Crippen LogP contribution in [0.2, 0.25) is 0 Å². The highest BCUT2D eigenvalue weighted by molar-refractivity contribution is 5.62. The summed E-state index contributed by atoms with van der Waals surface area (Å²) in [6.45, 7) is 0.564. The summed E-state index contributed by atoms with van der Waals surface area (Å²) in [6.07, 6.45) is 6.71. The molecule has 3 aromatic heterocycles. The molecule has 0 bridgehead atoms. The number of anilines is 1. The molecule has 3 aromatic rings. The summed E-state index contributed by atoms with van der Waals surface area (Å²) in [4.78, 5) is 7.69. The zero-order valence-electron chi connectivity index (χ0n) is 10.5. The molecule has 0 spiro atoms. The second-order valence-corrected chi connectivity index (χ2v) is 4.24. The molecule has 2 N–H and O–H groups in total. The number of rotatable bonds is 4. The standard InChI is InChI=1S/C14H12FN5/c15-13-4-3-12(9-18-13)17-7-11-8-19-20-14(11)10-2-1-5-16-6-10/h1-6,8-9,17H,7H2,(H,19,20). The molecular formula is C14H12FN5. The number of hydrogen-bond acceptors (Lipinski definition) is 4. The zero-order valence-corrected chi connectivity index (χ0v) is 10.5. The molecule has 0 unspecified atom stereocenters. The van der Waals surface area contributed by atoms with E-state index in [1.807, 2.05) is 12.1 Å². The fourth-order valence-corrected chi connectivity index (χ4v) is 1.88. The Kier molecular flexibility index (Phi) is 3.36. The van der Waals surface area contributed by atoms with E-state index < -0.39 is 5.95 Å². The summed E-state index contributed by atoms with van der Waals surface area (Å²) in [6, 6.07) is 6.80. The van der Waals surface area contributed by atoms with Crippen molar-refractivity contribution in [1.29, 1.82) is 0 Å². The molecule has 0 saturated carbocycles. The van der Waals surface area contributed by atoms with E-state index in [1.54, 1.807) is 24.7 Å². The average Bonchev–Trinajstić information content (AvgIpc) is 2.96. The van der Waals surface area contributed by atoms with Crippen LogP contribution >= 0.6 is 0 Å². The molecule has 0 aromatic carbocycles. The molecule has 0 radical (unpaired) electrons. The van der Waals surface area contributed by atoms with Crippen molar-refractivity contribution in [3.05, 3.63) is 60.6 Å². The van der Waals surface area contributed by atoms with Crippen molar-refractivity contribution in [3.63, 3.8) is 0 Å². The predicted octanol–water partition coefficient (Wildman–Crippen LogP) is 2.62. The van der Waals surface area contributed by atoms with E-state index in [9.17, 15) is 4.39 Å². The summed E-state index contributed by atoms with van der Waals surface area (Å²) >= 11 is 0. The van der Waals surface area contributed by atoms with Crippen LogP contribution in [0, 0.1) is 5.95 Å². The summed E-state index contributed by atoms with van der Waals surface area (Å²) in [5.74, 6) is -0.491.